The van der Waals surface area contributed by atoms with Crippen molar-refractivity contribution >= 4 is 39.3 Å². The van der Waals surface area contributed by atoms with Crippen LogP contribution in [0.2, 0.25) is 5.02 Å². The second-order valence-corrected chi connectivity index (χ2v) is 16.9. The molecule has 5 rings (SSSR count). The molecule has 0 saturated heterocycles. The number of nitrogens with zero attached hydrogens (tertiary/aromatic N) is 2. The average molecular weight is 728 g/mol. The molecule has 1 saturated carbocycles. The monoisotopic (exact) mass is 727 g/mol. The van der Waals surface area contributed by atoms with Gasteiger partial charge in [0.2, 0.25) is 0 Å². The Labute approximate surface area is 301 Å². The lowest BCUT2D eigenvalue weighted by Crippen LogP contribution is -2.50. The van der Waals surface area contributed by atoms with Crippen LogP contribution >= 0.6 is 11.6 Å². The quantitative estimate of drug-likeness (QED) is 0.256. The van der Waals surface area contributed by atoms with E-state index in [1.165, 1.54) is 30.2 Å². The van der Waals surface area contributed by atoms with Crippen LogP contribution in [0.15, 0.2) is 66.6 Å². The van der Waals surface area contributed by atoms with E-state index in [-0.39, 0.29) is 28.9 Å². The van der Waals surface area contributed by atoms with E-state index in [9.17, 15) is 18.0 Å². The highest BCUT2D eigenvalue weighted by Crippen LogP contribution is 2.47. The molecule has 2 aromatic rings. The third kappa shape index (κ3) is 8.00. The zero-order chi connectivity index (χ0) is 36.4. The number of nitrogens with one attached hydrogen (secondary N) is 1. The molecule has 2 aromatic carbocycles. The van der Waals surface area contributed by atoms with Crippen LogP contribution < -0.4 is 14.4 Å². The number of carbonyl (C=O) groups excluding carboxylic acids is 2. The van der Waals surface area contributed by atoms with Crippen molar-refractivity contribution in [2.24, 2.45) is 11.8 Å². The van der Waals surface area contributed by atoms with E-state index in [4.69, 9.17) is 25.8 Å². The van der Waals surface area contributed by atoms with Gasteiger partial charge in [-0.05, 0) is 113 Å². The number of sulfonamides is 1. The van der Waals surface area contributed by atoms with Gasteiger partial charge >= 0.3 is 6.09 Å². The van der Waals surface area contributed by atoms with Crippen LogP contribution in [0.5, 0.6) is 5.75 Å². The summed E-state index contributed by atoms with van der Waals surface area (Å²) in [6.45, 7) is 15.9. The lowest BCUT2D eigenvalue weighted by molar-refractivity contribution is -0.123. The molecule has 0 radical (unpaired) electrons. The Morgan fingerprint density at radius 2 is 1.96 bits per heavy atom. The van der Waals surface area contributed by atoms with Gasteiger partial charge in [-0.3, -0.25) is 9.69 Å². The summed E-state index contributed by atoms with van der Waals surface area (Å²) in [5.41, 5.74) is 1.92. The highest BCUT2D eigenvalue weighted by atomic mass is 35.5. The minimum atomic E-state index is -4.36. The predicted molar refractivity (Wildman–Crippen MR) is 195 cm³/mol. The molecule has 2 aliphatic carbocycles. The van der Waals surface area contributed by atoms with Crippen LogP contribution in [-0.4, -0.2) is 76.4 Å². The molecule has 2 unspecified atom stereocenters. The van der Waals surface area contributed by atoms with E-state index in [0.29, 0.717) is 42.1 Å². The van der Waals surface area contributed by atoms with Crippen molar-refractivity contribution in [2.75, 3.05) is 38.3 Å². The largest absolute Gasteiger partial charge is 0.490 e. The summed E-state index contributed by atoms with van der Waals surface area (Å²) in [5.74, 6) is 0.282. The van der Waals surface area contributed by atoms with Crippen molar-refractivity contribution in [1.82, 2.24) is 9.62 Å². The third-order valence-corrected chi connectivity index (χ3v) is 11.8. The van der Waals surface area contributed by atoms with E-state index in [1.54, 1.807) is 40.0 Å². The minimum Gasteiger partial charge on any atom is -0.490 e. The van der Waals surface area contributed by atoms with Crippen LogP contribution in [0, 0.1) is 11.8 Å². The number of halogens is 1. The summed E-state index contributed by atoms with van der Waals surface area (Å²) in [7, 11) is -2.66. The Balaban J connectivity index is 1.47. The first-order chi connectivity index (χ1) is 23.6. The van der Waals surface area contributed by atoms with Gasteiger partial charge in [-0.1, -0.05) is 29.8 Å². The Morgan fingerprint density at radius 1 is 1.20 bits per heavy atom. The molecular formula is C38H50ClN3O7S. The Hall–Kier alpha value is -3.54. The fourth-order valence-electron chi connectivity index (χ4n) is 7.51. The van der Waals surface area contributed by atoms with Crippen molar-refractivity contribution in [3.8, 4) is 5.75 Å². The summed E-state index contributed by atoms with van der Waals surface area (Å²) < 4.78 is 47.6. The predicted octanol–water partition coefficient (Wildman–Crippen LogP) is 6.66. The van der Waals surface area contributed by atoms with Gasteiger partial charge in [-0.15, -0.1) is 13.2 Å². The highest BCUT2D eigenvalue weighted by molar-refractivity contribution is 7.90. The molecule has 3 aliphatic rings. The maximum Gasteiger partial charge on any atom is 0.411 e. The maximum absolute atomic E-state index is 13.8. The fourth-order valence-corrected chi connectivity index (χ4v) is 8.77. The van der Waals surface area contributed by atoms with Gasteiger partial charge in [0.05, 0.1) is 23.3 Å². The number of fused-ring (bicyclic) bond motifs is 3. The normalized spacial score (nSPS) is 22.8. The van der Waals surface area contributed by atoms with E-state index < -0.39 is 33.7 Å². The number of anilines is 1. The molecule has 2 amide bonds. The molecule has 10 nitrogen and oxygen atoms in total. The third-order valence-electron chi connectivity index (χ3n) is 10.2. The van der Waals surface area contributed by atoms with Crippen LogP contribution in [0.1, 0.15) is 64.5 Å². The summed E-state index contributed by atoms with van der Waals surface area (Å²) in [6.07, 6.45) is 7.32. The maximum atomic E-state index is 13.8. The van der Waals surface area contributed by atoms with Crippen LogP contribution in [-0.2, 0) is 36.1 Å². The van der Waals surface area contributed by atoms with Gasteiger partial charge in [-0.25, -0.2) is 17.9 Å². The molecular weight excluding hydrogens is 678 g/mol. The van der Waals surface area contributed by atoms with Crippen LogP contribution in [0.3, 0.4) is 0 Å². The van der Waals surface area contributed by atoms with Crippen molar-refractivity contribution in [3.05, 3.63) is 77.9 Å². The van der Waals surface area contributed by atoms with E-state index in [2.05, 4.69) is 28.8 Å². The van der Waals surface area contributed by atoms with Gasteiger partial charge in [0, 0.05) is 37.2 Å². The minimum absolute atomic E-state index is 0.0102. The summed E-state index contributed by atoms with van der Waals surface area (Å²) in [6, 6.07) is 9.63. The Kier molecular flexibility index (Phi) is 11.3. The molecule has 1 fully saturated rings. The number of benzene rings is 2. The number of hydrogen-bond donors (Lipinski definition) is 1. The van der Waals surface area contributed by atoms with Gasteiger partial charge in [0.25, 0.3) is 15.9 Å². The number of carbonyl (C=O) groups is 2. The molecule has 1 N–H and O–H groups in total. The van der Waals surface area contributed by atoms with Gasteiger partial charge in [0.1, 0.15) is 17.4 Å². The van der Waals surface area contributed by atoms with Gasteiger partial charge < -0.3 is 19.1 Å². The molecule has 0 aromatic heterocycles. The van der Waals surface area contributed by atoms with Crippen LogP contribution in [0.25, 0.3) is 0 Å². The zero-order valence-electron chi connectivity index (χ0n) is 29.7. The van der Waals surface area contributed by atoms with Crippen molar-refractivity contribution in [1.29, 1.82) is 0 Å². The first-order valence-corrected chi connectivity index (χ1v) is 19.1. The topological polar surface area (TPSA) is 114 Å². The molecule has 50 heavy (non-hydrogen) atoms. The molecule has 1 spiro atoms. The SMILES string of the molecule is C=CCN(C(=O)OC(C)(C)C)C(C)C(=O)NS(=O)(=O)c1ccc2c(c1)N(C[C@@H]1CC[C@H]1C(C=C)OC)C[C@@]1(CCCc3cc(Cl)ccc31)CO2. The zero-order valence-corrected chi connectivity index (χ0v) is 31.3. The smallest absolute Gasteiger partial charge is 0.411 e. The van der Waals surface area contributed by atoms with Crippen molar-refractivity contribution in [2.45, 2.75) is 87.9 Å². The molecule has 5 atom stereocenters. The number of methoxy groups -OCH3 is 1. The number of rotatable bonds is 11. The molecule has 1 heterocycles. The average Bonchev–Trinajstić information content (AvgIpc) is 3.19. The number of hydrogen-bond acceptors (Lipinski definition) is 8. The second-order valence-electron chi connectivity index (χ2n) is 14.7. The number of amides is 2. The van der Waals surface area contributed by atoms with Gasteiger partial charge in [-0.2, -0.15) is 0 Å². The first-order valence-electron chi connectivity index (χ1n) is 17.2. The Bertz CT molecular complexity index is 1720. The van der Waals surface area contributed by atoms with Crippen molar-refractivity contribution in [3.63, 3.8) is 0 Å². The molecule has 1 aliphatic heterocycles. The van der Waals surface area contributed by atoms with E-state index >= 15 is 0 Å². The summed E-state index contributed by atoms with van der Waals surface area (Å²) in [4.78, 5) is 29.6. The van der Waals surface area contributed by atoms with E-state index in [1.807, 2.05) is 18.2 Å². The summed E-state index contributed by atoms with van der Waals surface area (Å²) in [5, 5.41) is 0.702. The lowest BCUT2D eigenvalue weighted by Gasteiger charge is -2.46. The Morgan fingerprint density at radius 3 is 2.60 bits per heavy atom. The molecule has 272 valence electrons. The van der Waals surface area contributed by atoms with Gasteiger partial charge in [0.15, 0.2) is 0 Å². The van der Waals surface area contributed by atoms with E-state index in [0.717, 1.165) is 37.0 Å². The molecule has 12 heteroatoms. The lowest BCUT2D eigenvalue weighted by atomic mass is 9.68. The first kappa shape index (κ1) is 37.7. The fraction of sp³-hybridized carbons (Fsp3) is 0.526. The van der Waals surface area contributed by atoms with Crippen LogP contribution in [0.4, 0.5) is 10.5 Å². The number of ether oxygens (including phenoxy) is 3. The highest BCUT2D eigenvalue weighted by Gasteiger charge is 2.44. The van der Waals surface area contributed by atoms with Crippen molar-refractivity contribution < 1.29 is 32.2 Å². The summed E-state index contributed by atoms with van der Waals surface area (Å²) >= 11 is 6.42. The second kappa shape index (κ2) is 15.0. The standard InChI is InChI=1S/C38H50ClN3O7S/c1-8-19-42(36(44)49-37(4,5)6)25(3)35(43)40-50(45,46)29-14-17-34-32(21-29)41(22-27-12-15-30(27)33(9-2)47-7)23-38(24-48-34)18-10-11-26-20-28(39)13-16-31(26)38/h8-9,13-14,16-17,20-21,25,27,30,33H,1-2,10-12,15,18-19,22-24H2,3-7H3,(H,40,43)/t25?,27-,30+,33?,38-/m0/s1. The molecule has 0 bridgehead atoms. The number of aryl methyl sites for hydroxylation is 1.